The van der Waals surface area contributed by atoms with Crippen molar-refractivity contribution in [3.8, 4) is 5.88 Å². The zero-order chi connectivity index (χ0) is 12.8. The molecule has 98 valence electrons. The van der Waals surface area contributed by atoms with Crippen LogP contribution >= 0.6 is 0 Å². The predicted molar refractivity (Wildman–Crippen MR) is 68.4 cm³/mol. The Bertz CT molecular complexity index is 476. The molecule has 0 aliphatic carbocycles. The second-order valence-electron chi connectivity index (χ2n) is 4.22. The van der Waals surface area contributed by atoms with Gasteiger partial charge in [0, 0.05) is 11.8 Å². The fraction of sp³-hybridized carbons (Fsp3) is 0.462. The van der Waals surface area contributed by atoms with Crippen molar-refractivity contribution >= 4 is 0 Å². The fourth-order valence-electron chi connectivity index (χ4n) is 1.60. The van der Waals surface area contributed by atoms with E-state index < -0.39 is 0 Å². The number of hydrogen-bond donors (Lipinski definition) is 2. The zero-order valence-electron chi connectivity index (χ0n) is 10.8. The first kappa shape index (κ1) is 12.7. The second kappa shape index (κ2) is 6.26. The Kier molecular flexibility index (Phi) is 4.41. The van der Waals surface area contributed by atoms with Crippen molar-refractivity contribution in [3.05, 3.63) is 35.4 Å². The quantitative estimate of drug-likeness (QED) is 0.740. The van der Waals surface area contributed by atoms with Crippen molar-refractivity contribution in [3.63, 3.8) is 0 Å². The van der Waals surface area contributed by atoms with Crippen LogP contribution in [0.5, 0.6) is 5.88 Å². The molecule has 0 fully saturated rings. The Morgan fingerprint density at radius 1 is 1.39 bits per heavy atom. The molecule has 0 spiro atoms. The number of furan rings is 1. The van der Waals surface area contributed by atoms with Crippen LogP contribution in [0, 0.1) is 6.92 Å². The van der Waals surface area contributed by atoms with Crippen LogP contribution in [0.15, 0.2) is 22.6 Å². The SMILES string of the molecule is CCCNCc1ccc(COc2cc(C)[nH]n2)o1. The van der Waals surface area contributed by atoms with Crippen molar-refractivity contribution in [1.29, 1.82) is 0 Å². The van der Waals surface area contributed by atoms with Crippen LogP contribution in [-0.4, -0.2) is 16.7 Å². The first-order valence-electron chi connectivity index (χ1n) is 6.21. The maximum Gasteiger partial charge on any atom is 0.233 e. The second-order valence-corrected chi connectivity index (χ2v) is 4.22. The molecular weight excluding hydrogens is 230 g/mol. The lowest BCUT2D eigenvalue weighted by Gasteiger charge is -2.00. The number of ether oxygens (including phenoxy) is 1. The normalized spacial score (nSPS) is 10.8. The highest BCUT2D eigenvalue weighted by molar-refractivity contribution is 5.13. The van der Waals surface area contributed by atoms with Crippen LogP contribution in [0.2, 0.25) is 0 Å². The summed E-state index contributed by atoms with van der Waals surface area (Å²) >= 11 is 0. The van der Waals surface area contributed by atoms with Gasteiger partial charge in [-0.3, -0.25) is 5.10 Å². The molecule has 2 aromatic heterocycles. The maximum absolute atomic E-state index is 5.63. The van der Waals surface area contributed by atoms with Gasteiger partial charge in [0.05, 0.1) is 6.54 Å². The predicted octanol–water partition coefficient (Wildman–Crippen LogP) is 2.39. The molecule has 2 N–H and O–H groups in total. The summed E-state index contributed by atoms with van der Waals surface area (Å²) in [5.74, 6) is 2.33. The van der Waals surface area contributed by atoms with Crippen molar-refractivity contribution in [1.82, 2.24) is 15.5 Å². The van der Waals surface area contributed by atoms with Gasteiger partial charge in [0.15, 0.2) is 0 Å². The maximum atomic E-state index is 5.63. The standard InChI is InChI=1S/C13H19N3O2/c1-3-6-14-8-11-4-5-12(18-11)9-17-13-7-10(2)15-16-13/h4-5,7,14H,3,6,8-9H2,1-2H3,(H,15,16). The van der Waals surface area contributed by atoms with Gasteiger partial charge in [-0.25, -0.2) is 0 Å². The van der Waals surface area contributed by atoms with Crippen LogP contribution < -0.4 is 10.1 Å². The molecule has 5 heteroatoms. The Balaban J connectivity index is 1.79. The summed E-state index contributed by atoms with van der Waals surface area (Å²) in [6.07, 6.45) is 1.12. The van der Waals surface area contributed by atoms with Gasteiger partial charge in [0.2, 0.25) is 5.88 Å². The van der Waals surface area contributed by atoms with E-state index in [1.54, 1.807) is 0 Å². The number of aryl methyl sites for hydroxylation is 1. The third kappa shape index (κ3) is 3.63. The molecule has 0 saturated carbocycles. The fourth-order valence-corrected chi connectivity index (χ4v) is 1.60. The summed E-state index contributed by atoms with van der Waals surface area (Å²) in [6.45, 7) is 6.23. The molecule has 0 atom stereocenters. The van der Waals surface area contributed by atoms with Crippen molar-refractivity contribution in [2.75, 3.05) is 6.54 Å². The number of nitrogens with one attached hydrogen (secondary N) is 2. The minimum Gasteiger partial charge on any atom is -0.468 e. The highest BCUT2D eigenvalue weighted by Crippen LogP contribution is 2.12. The van der Waals surface area contributed by atoms with Crippen LogP contribution in [0.3, 0.4) is 0 Å². The van der Waals surface area contributed by atoms with E-state index in [4.69, 9.17) is 9.15 Å². The van der Waals surface area contributed by atoms with Gasteiger partial charge < -0.3 is 14.5 Å². The Labute approximate surface area is 107 Å². The van der Waals surface area contributed by atoms with Crippen LogP contribution in [0.25, 0.3) is 0 Å². The third-order valence-electron chi connectivity index (χ3n) is 2.49. The molecule has 2 rings (SSSR count). The molecule has 0 aliphatic heterocycles. The summed E-state index contributed by atoms with van der Waals surface area (Å²) in [5, 5.41) is 10.1. The highest BCUT2D eigenvalue weighted by atomic mass is 16.5. The van der Waals surface area contributed by atoms with E-state index in [1.807, 2.05) is 25.1 Å². The molecule has 0 bridgehead atoms. The summed E-state index contributed by atoms with van der Waals surface area (Å²) in [6, 6.07) is 5.76. The molecule has 5 nitrogen and oxygen atoms in total. The lowest BCUT2D eigenvalue weighted by molar-refractivity contribution is 0.255. The number of rotatable bonds is 7. The summed E-state index contributed by atoms with van der Waals surface area (Å²) in [4.78, 5) is 0. The molecule has 0 unspecified atom stereocenters. The Morgan fingerprint density at radius 2 is 2.22 bits per heavy atom. The number of aromatic nitrogens is 2. The molecule has 2 heterocycles. The van der Waals surface area contributed by atoms with E-state index in [9.17, 15) is 0 Å². The molecule has 0 saturated heterocycles. The average Bonchev–Trinajstić information content (AvgIpc) is 2.96. The lowest BCUT2D eigenvalue weighted by atomic mass is 10.4. The van der Waals surface area contributed by atoms with Gasteiger partial charge in [-0.15, -0.1) is 5.10 Å². The van der Waals surface area contributed by atoms with E-state index in [-0.39, 0.29) is 0 Å². The molecule has 2 aromatic rings. The van der Waals surface area contributed by atoms with Gasteiger partial charge in [-0.2, -0.15) is 0 Å². The van der Waals surface area contributed by atoms with Gasteiger partial charge in [-0.05, 0) is 32.0 Å². The van der Waals surface area contributed by atoms with E-state index in [2.05, 4.69) is 22.4 Å². The van der Waals surface area contributed by atoms with Gasteiger partial charge in [0.1, 0.15) is 18.1 Å². The molecule has 0 aliphatic rings. The minimum atomic E-state index is 0.401. The van der Waals surface area contributed by atoms with Crippen LogP contribution in [-0.2, 0) is 13.2 Å². The number of nitrogens with zero attached hydrogens (tertiary/aromatic N) is 1. The molecule has 0 amide bonds. The zero-order valence-corrected chi connectivity index (χ0v) is 10.8. The van der Waals surface area contributed by atoms with Gasteiger partial charge in [0.25, 0.3) is 0 Å². The topological polar surface area (TPSA) is 63.1 Å². The first-order valence-corrected chi connectivity index (χ1v) is 6.21. The monoisotopic (exact) mass is 249 g/mol. The van der Waals surface area contributed by atoms with Crippen LogP contribution in [0.1, 0.15) is 30.6 Å². The van der Waals surface area contributed by atoms with E-state index in [0.29, 0.717) is 12.5 Å². The summed E-state index contributed by atoms with van der Waals surface area (Å²) < 4.78 is 11.1. The van der Waals surface area contributed by atoms with Crippen LogP contribution in [0.4, 0.5) is 0 Å². The lowest BCUT2D eigenvalue weighted by Crippen LogP contribution is -2.13. The average molecular weight is 249 g/mol. The number of hydrogen-bond acceptors (Lipinski definition) is 4. The largest absolute Gasteiger partial charge is 0.468 e. The summed E-state index contributed by atoms with van der Waals surface area (Å²) in [7, 11) is 0. The third-order valence-corrected chi connectivity index (χ3v) is 2.49. The van der Waals surface area contributed by atoms with E-state index >= 15 is 0 Å². The van der Waals surface area contributed by atoms with Gasteiger partial charge >= 0.3 is 0 Å². The van der Waals surface area contributed by atoms with Gasteiger partial charge in [-0.1, -0.05) is 6.92 Å². The Morgan fingerprint density at radius 3 is 2.94 bits per heavy atom. The molecule has 18 heavy (non-hydrogen) atoms. The van der Waals surface area contributed by atoms with Crippen molar-refractivity contribution in [2.45, 2.75) is 33.4 Å². The van der Waals surface area contributed by atoms with Crippen molar-refractivity contribution in [2.24, 2.45) is 0 Å². The smallest absolute Gasteiger partial charge is 0.233 e. The molecule has 0 aromatic carbocycles. The number of H-pyrrole nitrogens is 1. The van der Waals surface area contributed by atoms with E-state index in [1.165, 1.54) is 0 Å². The number of aromatic amines is 1. The Hall–Kier alpha value is -1.75. The highest BCUT2D eigenvalue weighted by Gasteiger charge is 2.04. The van der Waals surface area contributed by atoms with E-state index in [0.717, 1.165) is 36.7 Å². The summed E-state index contributed by atoms with van der Waals surface area (Å²) in [5.41, 5.74) is 0.980. The molecular formula is C13H19N3O2. The minimum absolute atomic E-state index is 0.401. The molecule has 0 radical (unpaired) electrons. The van der Waals surface area contributed by atoms with Crippen molar-refractivity contribution < 1.29 is 9.15 Å². The first-order chi connectivity index (χ1) is 8.78.